The number of halogens is 1. The van der Waals surface area contributed by atoms with Gasteiger partial charge in [-0.15, -0.1) is 0 Å². The van der Waals surface area contributed by atoms with Crippen LogP contribution >= 0.6 is 0 Å². The van der Waals surface area contributed by atoms with E-state index in [0.717, 1.165) is 31.7 Å². The number of anilines is 1. The molecule has 2 atom stereocenters. The minimum Gasteiger partial charge on any atom is -0.371 e. The minimum atomic E-state index is -0.537. The summed E-state index contributed by atoms with van der Waals surface area (Å²) in [5, 5.41) is 17.0. The molecule has 3 aliphatic rings. The van der Waals surface area contributed by atoms with Crippen LogP contribution in [0.15, 0.2) is 36.5 Å². The van der Waals surface area contributed by atoms with Crippen molar-refractivity contribution in [3.63, 3.8) is 0 Å². The Labute approximate surface area is 183 Å². The predicted octanol–water partition coefficient (Wildman–Crippen LogP) is 2.56. The Morgan fingerprint density at radius 3 is 2.78 bits per heavy atom. The number of pyridine rings is 1. The maximum Gasteiger partial charge on any atom is 0.255 e. The van der Waals surface area contributed by atoms with E-state index >= 15 is 0 Å². The molecule has 6 rings (SSSR count). The smallest absolute Gasteiger partial charge is 0.255 e. The van der Waals surface area contributed by atoms with Gasteiger partial charge < -0.3 is 15.0 Å². The lowest BCUT2D eigenvalue weighted by atomic mass is 10.0. The molecule has 0 unspecified atom stereocenters. The van der Waals surface area contributed by atoms with Crippen molar-refractivity contribution in [3.8, 4) is 23.0 Å². The SMILES string of the molecule is N#Cc1cccc(F)c1-c1cc(-n2ccc(N3C[C@H]4CC[C@@H](C3)O4)n2)c2c(n1)CNC2=O. The first kappa shape index (κ1) is 19.0. The van der Waals surface area contributed by atoms with Gasteiger partial charge in [-0.25, -0.2) is 14.1 Å². The lowest BCUT2D eigenvalue weighted by Gasteiger charge is -2.32. The number of morpholine rings is 1. The maximum atomic E-state index is 14.7. The molecule has 2 saturated heterocycles. The number of aromatic nitrogens is 3. The molecule has 8 nitrogen and oxygen atoms in total. The topological polar surface area (TPSA) is 96.1 Å². The molecule has 2 bridgehead atoms. The lowest BCUT2D eigenvalue weighted by molar-refractivity contribution is 0.0302. The van der Waals surface area contributed by atoms with Crippen LogP contribution in [0.4, 0.5) is 10.2 Å². The minimum absolute atomic E-state index is 0.121. The van der Waals surface area contributed by atoms with E-state index in [9.17, 15) is 14.4 Å². The number of nitrogens with one attached hydrogen (secondary N) is 1. The number of ether oxygens (including phenoxy) is 1. The predicted molar refractivity (Wildman–Crippen MR) is 113 cm³/mol. The highest BCUT2D eigenvalue weighted by atomic mass is 19.1. The van der Waals surface area contributed by atoms with Gasteiger partial charge in [-0.3, -0.25) is 4.79 Å². The van der Waals surface area contributed by atoms with Crippen molar-refractivity contribution >= 4 is 11.7 Å². The second-order valence-electron chi connectivity index (χ2n) is 8.29. The number of amides is 1. The third-order valence-corrected chi connectivity index (χ3v) is 6.30. The fraction of sp³-hybridized carbons (Fsp3) is 0.304. The quantitative estimate of drug-likeness (QED) is 0.686. The highest BCUT2D eigenvalue weighted by molar-refractivity contribution is 6.01. The van der Waals surface area contributed by atoms with Crippen LogP contribution in [0.2, 0.25) is 0 Å². The zero-order valence-electron chi connectivity index (χ0n) is 17.1. The molecule has 5 heterocycles. The molecule has 1 aromatic carbocycles. The molecule has 9 heteroatoms. The van der Waals surface area contributed by atoms with Crippen molar-refractivity contribution in [1.29, 1.82) is 5.26 Å². The number of nitriles is 1. The summed E-state index contributed by atoms with van der Waals surface area (Å²) in [6, 6.07) is 9.91. The highest BCUT2D eigenvalue weighted by Gasteiger charge is 2.35. The van der Waals surface area contributed by atoms with Gasteiger partial charge in [0.05, 0.1) is 58.6 Å². The second-order valence-corrected chi connectivity index (χ2v) is 8.29. The molecule has 0 spiro atoms. The second kappa shape index (κ2) is 7.14. The number of carbonyl (C=O) groups excluding carboxylic acids is 1. The fourth-order valence-corrected chi connectivity index (χ4v) is 4.82. The van der Waals surface area contributed by atoms with Gasteiger partial charge in [-0.1, -0.05) is 6.07 Å². The van der Waals surface area contributed by atoms with Crippen molar-refractivity contribution in [2.45, 2.75) is 31.6 Å². The first-order valence-corrected chi connectivity index (χ1v) is 10.6. The van der Waals surface area contributed by atoms with E-state index in [1.807, 2.05) is 12.1 Å². The zero-order valence-corrected chi connectivity index (χ0v) is 17.1. The van der Waals surface area contributed by atoms with E-state index in [0.29, 0.717) is 22.6 Å². The van der Waals surface area contributed by atoms with E-state index in [1.165, 1.54) is 12.1 Å². The van der Waals surface area contributed by atoms with E-state index in [4.69, 9.17) is 9.84 Å². The molecular weight excluding hydrogens is 411 g/mol. The molecule has 32 heavy (non-hydrogen) atoms. The monoisotopic (exact) mass is 430 g/mol. The summed E-state index contributed by atoms with van der Waals surface area (Å²) in [6.07, 6.45) is 4.38. The number of hydrogen-bond acceptors (Lipinski definition) is 6. The van der Waals surface area contributed by atoms with Crippen LogP contribution in [0.3, 0.4) is 0 Å². The van der Waals surface area contributed by atoms with Gasteiger partial charge in [-0.05, 0) is 31.0 Å². The molecule has 3 aliphatic heterocycles. The van der Waals surface area contributed by atoms with Gasteiger partial charge in [0.25, 0.3) is 5.91 Å². The van der Waals surface area contributed by atoms with Crippen molar-refractivity contribution < 1.29 is 13.9 Å². The Morgan fingerprint density at radius 2 is 2.00 bits per heavy atom. The number of hydrogen-bond donors (Lipinski definition) is 1. The highest BCUT2D eigenvalue weighted by Crippen LogP contribution is 2.33. The standard InChI is InChI=1S/C23H19FN6O2/c24-16-3-1-2-13(9-25)21(16)17-8-19(22-18(27-17)10-26-23(22)31)30-7-6-20(28-30)29-11-14-4-5-15(12-29)32-14/h1-3,6-8,14-15H,4-5,10-12H2,(H,26,31)/t14-,15+. The van der Waals surface area contributed by atoms with Crippen LogP contribution in [0.5, 0.6) is 0 Å². The van der Waals surface area contributed by atoms with Gasteiger partial charge in [0.1, 0.15) is 5.82 Å². The van der Waals surface area contributed by atoms with Gasteiger partial charge in [0, 0.05) is 25.4 Å². The van der Waals surface area contributed by atoms with Gasteiger partial charge in [0.2, 0.25) is 0 Å². The Balaban J connectivity index is 1.46. The molecule has 1 amide bonds. The third kappa shape index (κ3) is 2.95. The molecule has 2 fully saturated rings. The molecule has 0 aliphatic carbocycles. The summed E-state index contributed by atoms with van der Waals surface area (Å²) in [7, 11) is 0. The van der Waals surface area contributed by atoms with E-state index < -0.39 is 5.82 Å². The van der Waals surface area contributed by atoms with Crippen LogP contribution in [-0.2, 0) is 11.3 Å². The average molecular weight is 430 g/mol. The summed E-state index contributed by atoms with van der Waals surface area (Å²) in [5.41, 5.74) is 2.04. The molecule has 1 N–H and O–H groups in total. The molecule has 2 aromatic heterocycles. The third-order valence-electron chi connectivity index (χ3n) is 6.30. The molecule has 160 valence electrons. The van der Waals surface area contributed by atoms with Crippen LogP contribution in [-0.4, -0.2) is 46.0 Å². The molecular formula is C23H19FN6O2. The molecule has 0 saturated carbocycles. The largest absolute Gasteiger partial charge is 0.371 e. The normalized spacial score (nSPS) is 21.4. The number of benzene rings is 1. The Morgan fingerprint density at radius 1 is 1.19 bits per heavy atom. The zero-order chi connectivity index (χ0) is 21.8. The van der Waals surface area contributed by atoms with Crippen LogP contribution in [0, 0.1) is 17.1 Å². The van der Waals surface area contributed by atoms with E-state index in [1.54, 1.807) is 23.0 Å². The fourth-order valence-electron chi connectivity index (χ4n) is 4.82. The lowest BCUT2D eigenvalue weighted by Crippen LogP contribution is -2.42. The summed E-state index contributed by atoms with van der Waals surface area (Å²) in [6.45, 7) is 1.81. The summed E-state index contributed by atoms with van der Waals surface area (Å²) < 4.78 is 22.2. The van der Waals surface area contributed by atoms with E-state index in [2.05, 4.69) is 15.2 Å². The van der Waals surface area contributed by atoms with E-state index in [-0.39, 0.29) is 35.8 Å². The number of fused-ring (bicyclic) bond motifs is 3. The van der Waals surface area contributed by atoms with Crippen molar-refractivity contribution in [2.24, 2.45) is 0 Å². The average Bonchev–Trinajstić information content (AvgIpc) is 3.52. The van der Waals surface area contributed by atoms with Crippen LogP contribution in [0.25, 0.3) is 16.9 Å². The number of carbonyl (C=O) groups is 1. The number of rotatable bonds is 3. The summed E-state index contributed by atoms with van der Waals surface area (Å²) in [5.74, 6) is 0.0218. The van der Waals surface area contributed by atoms with Gasteiger partial charge >= 0.3 is 0 Å². The molecule has 0 radical (unpaired) electrons. The van der Waals surface area contributed by atoms with Gasteiger partial charge in [-0.2, -0.15) is 10.4 Å². The van der Waals surface area contributed by atoms with Crippen molar-refractivity contribution in [3.05, 3.63) is 59.2 Å². The van der Waals surface area contributed by atoms with Crippen molar-refractivity contribution in [1.82, 2.24) is 20.1 Å². The first-order chi connectivity index (χ1) is 15.6. The van der Waals surface area contributed by atoms with Gasteiger partial charge in [0.15, 0.2) is 5.82 Å². The van der Waals surface area contributed by atoms with Crippen molar-refractivity contribution in [2.75, 3.05) is 18.0 Å². The summed E-state index contributed by atoms with van der Waals surface area (Å²) >= 11 is 0. The number of nitrogens with zero attached hydrogens (tertiary/aromatic N) is 5. The Kier molecular flexibility index (Phi) is 4.23. The van der Waals surface area contributed by atoms with Crippen LogP contribution in [0.1, 0.15) is 34.5 Å². The first-order valence-electron chi connectivity index (χ1n) is 10.6. The van der Waals surface area contributed by atoms with Crippen LogP contribution < -0.4 is 10.2 Å². The molecule has 3 aromatic rings. The Bertz CT molecular complexity index is 1280. The maximum absolute atomic E-state index is 14.7. The summed E-state index contributed by atoms with van der Waals surface area (Å²) in [4.78, 5) is 19.3. The Hall–Kier alpha value is -3.77.